The van der Waals surface area contributed by atoms with Gasteiger partial charge in [0.2, 0.25) is 0 Å². The fourth-order valence-corrected chi connectivity index (χ4v) is 3.20. The highest BCUT2D eigenvalue weighted by molar-refractivity contribution is 6.05. The first kappa shape index (κ1) is 21.2. The number of benzene rings is 2. The molecule has 0 saturated heterocycles. The van der Waals surface area contributed by atoms with Gasteiger partial charge in [0.1, 0.15) is 0 Å². The van der Waals surface area contributed by atoms with E-state index in [0.717, 1.165) is 24.1 Å². The SMILES string of the molecule is CCOC(=O)Nc1ccccc1C(=O)N1CCCC(c2ccc(OC)c(OC)c2)=N1. The number of para-hydroxylation sites is 1. The van der Waals surface area contributed by atoms with Crippen molar-refractivity contribution in [3.8, 4) is 11.5 Å². The molecule has 1 heterocycles. The minimum absolute atomic E-state index is 0.243. The van der Waals surface area contributed by atoms with Crippen molar-refractivity contribution in [1.29, 1.82) is 0 Å². The Morgan fingerprint density at radius 3 is 2.60 bits per heavy atom. The number of carbonyl (C=O) groups excluding carboxylic acids is 2. The lowest BCUT2D eigenvalue weighted by molar-refractivity contribution is 0.0752. The van der Waals surface area contributed by atoms with Gasteiger partial charge in [0.15, 0.2) is 11.5 Å². The highest BCUT2D eigenvalue weighted by atomic mass is 16.5. The second-order valence-corrected chi connectivity index (χ2v) is 6.54. The Kier molecular flexibility index (Phi) is 6.90. The number of amides is 2. The quantitative estimate of drug-likeness (QED) is 0.778. The van der Waals surface area contributed by atoms with E-state index in [1.807, 2.05) is 18.2 Å². The molecule has 0 aliphatic carbocycles. The summed E-state index contributed by atoms with van der Waals surface area (Å²) in [5, 5.41) is 8.62. The Balaban J connectivity index is 1.87. The van der Waals surface area contributed by atoms with Crippen LogP contribution < -0.4 is 14.8 Å². The van der Waals surface area contributed by atoms with E-state index in [0.29, 0.717) is 29.3 Å². The molecule has 0 atom stereocenters. The van der Waals surface area contributed by atoms with E-state index in [1.54, 1.807) is 45.4 Å². The first-order valence-corrected chi connectivity index (χ1v) is 9.72. The molecule has 8 heteroatoms. The predicted molar refractivity (Wildman–Crippen MR) is 113 cm³/mol. The van der Waals surface area contributed by atoms with Gasteiger partial charge >= 0.3 is 6.09 Å². The standard InChI is InChI=1S/C22H25N3O5/c1-4-30-22(27)23-18-9-6-5-8-16(18)21(26)25-13-7-10-17(24-25)15-11-12-19(28-2)20(14-15)29-3/h5-6,8-9,11-12,14H,4,7,10,13H2,1-3H3,(H,23,27). The molecule has 0 unspecified atom stereocenters. The number of hydrogen-bond donors (Lipinski definition) is 1. The van der Waals surface area contributed by atoms with E-state index in [2.05, 4.69) is 10.4 Å². The summed E-state index contributed by atoms with van der Waals surface area (Å²) < 4.78 is 15.6. The van der Waals surface area contributed by atoms with E-state index in [-0.39, 0.29) is 12.5 Å². The van der Waals surface area contributed by atoms with Crippen molar-refractivity contribution in [2.75, 3.05) is 32.7 Å². The average molecular weight is 411 g/mol. The zero-order valence-electron chi connectivity index (χ0n) is 17.3. The molecular weight excluding hydrogens is 386 g/mol. The number of ether oxygens (including phenoxy) is 3. The highest BCUT2D eigenvalue weighted by Gasteiger charge is 2.23. The topological polar surface area (TPSA) is 89.5 Å². The van der Waals surface area contributed by atoms with Crippen molar-refractivity contribution in [3.05, 3.63) is 53.6 Å². The van der Waals surface area contributed by atoms with Gasteiger partial charge in [-0.15, -0.1) is 0 Å². The molecule has 158 valence electrons. The maximum absolute atomic E-state index is 13.1. The van der Waals surface area contributed by atoms with Gasteiger partial charge in [-0.1, -0.05) is 12.1 Å². The van der Waals surface area contributed by atoms with Crippen molar-refractivity contribution in [2.45, 2.75) is 19.8 Å². The van der Waals surface area contributed by atoms with Gasteiger partial charge in [-0.3, -0.25) is 10.1 Å². The van der Waals surface area contributed by atoms with E-state index in [1.165, 1.54) is 5.01 Å². The Hall–Kier alpha value is -3.55. The van der Waals surface area contributed by atoms with Gasteiger partial charge in [0.25, 0.3) is 5.91 Å². The zero-order valence-corrected chi connectivity index (χ0v) is 17.3. The van der Waals surface area contributed by atoms with Crippen LogP contribution in [0.1, 0.15) is 35.7 Å². The summed E-state index contributed by atoms with van der Waals surface area (Å²) in [4.78, 5) is 24.9. The maximum atomic E-state index is 13.1. The van der Waals surface area contributed by atoms with Gasteiger partial charge in [-0.2, -0.15) is 5.10 Å². The van der Waals surface area contributed by atoms with Crippen LogP contribution in [0.5, 0.6) is 11.5 Å². The van der Waals surface area contributed by atoms with E-state index in [4.69, 9.17) is 14.2 Å². The normalized spacial score (nSPS) is 13.3. The lowest BCUT2D eigenvalue weighted by Gasteiger charge is -2.25. The Bertz CT molecular complexity index is 958. The number of nitrogens with zero attached hydrogens (tertiary/aromatic N) is 2. The summed E-state index contributed by atoms with van der Waals surface area (Å²) in [6.45, 7) is 2.45. The number of anilines is 1. The minimum Gasteiger partial charge on any atom is -0.493 e. The van der Waals surface area contributed by atoms with Crippen LogP contribution in [0.2, 0.25) is 0 Å². The number of nitrogens with one attached hydrogen (secondary N) is 1. The molecule has 2 amide bonds. The third-order valence-electron chi connectivity index (χ3n) is 4.65. The molecular formula is C22H25N3O5. The number of hydrazone groups is 1. The van der Waals surface area contributed by atoms with E-state index in [9.17, 15) is 9.59 Å². The zero-order chi connectivity index (χ0) is 21.5. The molecule has 8 nitrogen and oxygen atoms in total. The van der Waals surface area contributed by atoms with Crippen LogP contribution >= 0.6 is 0 Å². The molecule has 0 aromatic heterocycles. The summed E-state index contributed by atoms with van der Waals surface area (Å²) in [6, 6.07) is 12.4. The lowest BCUT2D eigenvalue weighted by atomic mass is 10.0. The number of rotatable bonds is 6. The largest absolute Gasteiger partial charge is 0.493 e. The van der Waals surface area contributed by atoms with Crippen molar-refractivity contribution < 1.29 is 23.8 Å². The first-order chi connectivity index (χ1) is 14.6. The monoisotopic (exact) mass is 411 g/mol. The van der Waals surface area contributed by atoms with Crippen LogP contribution in [0.3, 0.4) is 0 Å². The molecule has 0 radical (unpaired) electrons. The van der Waals surface area contributed by atoms with Crippen LogP contribution in [0, 0.1) is 0 Å². The third kappa shape index (κ3) is 4.71. The van der Waals surface area contributed by atoms with Crippen LogP contribution in [-0.2, 0) is 4.74 Å². The molecule has 0 bridgehead atoms. The Morgan fingerprint density at radius 2 is 1.87 bits per heavy atom. The van der Waals surface area contributed by atoms with Crippen molar-refractivity contribution in [2.24, 2.45) is 5.10 Å². The molecule has 0 saturated carbocycles. The maximum Gasteiger partial charge on any atom is 0.411 e. The van der Waals surface area contributed by atoms with E-state index >= 15 is 0 Å². The number of carbonyl (C=O) groups is 2. The van der Waals surface area contributed by atoms with Crippen molar-refractivity contribution >= 4 is 23.4 Å². The number of methoxy groups -OCH3 is 2. The predicted octanol–water partition coefficient (Wildman–Crippen LogP) is 3.91. The summed E-state index contributed by atoms with van der Waals surface area (Å²) in [6.07, 6.45) is 0.903. The lowest BCUT2D eigenvalue weighted by Crippen LogP contribution is -2.33. The Morgan fingerprint density at radius 1 is 1.10 bits per heavy atom. The molecule has 30 heavy (non-hydrogen) atoms. The fourth-order valence-electron chi connectivity index (χ4n) is 3.20. The molecule has 2 aromatic carbocycles. The Labute approximate surface area is 175 Å². The molecule has 1 aliphatic rings. The summed E-state index contributed by atoms with van der Waals surface area (Å²) in [5.41, 5.74) is 2.38. The molecule has 0 spiro atoms. The van der Waals surface area contributed by atoms with Crippen LogP contribution in [0.25, 0.3) is 0 Å². The van der Waals surface area contributed by atoms with Gasteiger partial charge in [0, 0.05) is 12.1 Å². The summed E-state index contributed by atoms with van der Waals surface area (Å²) in [7, 11) is 3.16. The summed E-state index contributed by atoms with van der Waals surface area (Å²) in [5.74, 6) is 0.940. The molecule has 3 rings (SSSR count). The highest BCUT2D eigenvalue weighted by Crippen LogP contribution is 2.29. The summed E-state index contributed by atoms with van der Waals surface area (Å²) >= 11 is 0. The second kappa shape index (κ2) is 9.78. The van der Waals surface area contributed by atoms with Gasteiger partial charge in [-0.05, 0) is 50.1 Å². The third-order valence-corrected chi connectivity index (χ3v) is 4.65. The van der Waals surface area contributed by atoms with Gasteiger partial charge in [-0.25, -0.2) is 9.80 Å². The molecule has 0 fully saturated rings. The van der Waals surface area contributed by atoms with Crippen LogP contribution in [0.15, 0.2) is 47.6 Å². The molecule has 2 aromatic rings. The van der Waals surface area contributed by atoms with Crippen LogP contribution in [0.4, 0.5) is 10.5 Å². The second-order valence-electron chi connectivity index (χ2n) is 6.54. The van der Waals surface area contributed by atoms with Crippen LogP contribution in [-0.4, -0.2) is 50.1 Å². The van der Waals surface area contributed by atoms with Gasteiger partial charge in [0.05, 0.1) is 37.8 Å². The van der Waals surface area contributed by atoms with Crippen molar-refractivity contribution in [3.63, 3.8) is 0 Å². The molecule has 1 aliphatic heterocycles. The molecule has 1 N–H and O–H groups in total. The minimum atomic E-state index is -0.606. The van der Waals surface area contributed by atoms with E-state index < -0.39 is 6.09 Å². The first-order valence-electron chi connectivity index (χ1n) is 9.72. The smallest absolute Gasteiger partial charge is 0.411 e. The number of hydrogen-bond acceptors (Lipinski definition) is 6. The van der Waals surface area contributed by atoms with Crippen molar-refractivity contribution in [1.82, 2.24) is 5.01 Å². The average Bonchev–Trinajstić information content (AvgIpc) is 2.78. The fraction of sp³-hybridized carbons (Fsp3) is 0.318. The van der Waals surface area contributed by atoms with Gasteiger partial charge < -0.3 is 14.2 Å².